The molecule has 0 rings (SSSR count). The Balaban J connectivity index is 2.65. The van der Waals surface area contributed by atoms with Gasteiger partial charge in [0.05, 0.1) is 0 Å². The molecule has 0 atom stereocenters. The molecule has 0 aliphatic heterocycles. The van der Waals surface area contributed by atoms with Crippen molar-refractivity contribution in [3.63, 3.8) is 0 Å². The van der Waals surface area contributed by atoms with Crippen LogP contribution in [-0.4, -0.2) is 18.1 Å². The van der Waals surface area contributed by atoms with Gasteiger partial charge < -0.3 is 0 Å². The van der Waals surface area contributed by atoms with Gasteiger partial charge in [-0.25, -0.2) is 0 Å². The molecule has 0 nitrogen and oxygen atoms in total. The molecular weight excluding hydrogens is 152 g/mol. The lowest BCUT2D eigenvalue weighted by Gasteiger charge is -1.95. The van der Waals surface area contributed by atoms with Crippen LogP contribution in [0.15, 0.2) is 0 Å². The van der Waals surface area contributed by atoms with Crippen LogP contribution in [0.25, 0.3) is 0 Å². The molecule has 0 amide bonds. The fraction of sp³-hybridized carbons (Fsp3) is 1.00. The van der Waals surface area contributed by atoms with E-state index in [1.807, 2.05) is 0 Å². The van der Waals surface area contributed by atoms with E-state index in [1.165, 1.54) is 55.8 Å². The topological polar surface area (TPSA) is 0 Å². The molecule has 0 aliphatic carbocycles. The molecule has 0 heterocycles. The maximum atomic E-state index is 2.28. The highest BCUT2D eigenvalue weighted by Gasteiger charge is 1.90. The summed E-state index contributed by atoms with van der Waals surface area (Å²) in [4.78, 5) is 0. The zero-order valence-electron chi connectivity index (χ0n) is 7.24. The summed E-state index contributed by atoms with van der Waals surface area (Å²) in [6.45, 7) is 4.55. The van der Waals surface area contributed by atoms with E-state index >= 15 is 0 Å². The Morgan fingerprint density at radius 2 is 1.20 bits per heavy atom. The number of hydrogen-bond donors (Lipinski definition) is 0. The lowest BCUT2D eigenvalue weighted by molar-refractivity contribution is 0.876. The van der Waals surface area contributed by atoms with E-state index in [4.69, 9.17) is 0 Å². The van der Waals surface area contributed by atoms with Crippen molar-refractivity contribution in [1.29, 1.82) is 0 Å². The molecule has 0 aromatic carbocycles. The van der Waals surface area contributed by atoms with Gasteiger partial charge in [0.25, 0.3) is 0 Å². The van der Waals surface area contributed by atoms with Crippen LogP contribution in [-0.2, 0) is 0 Å². The van der Waals surface area contributed by atoms with Crippen molar-refractivity contribution in [1.82, 2.24) is 0 Å². The lowest BCUT2D eigenvalue weighted by atomic mass is 10.4. The largest absolute Gasteiger partial charge is 0.0654 e. The van der Waals surface area contributed by atoms with Crippen LogP contribution in [0.1, 0.15) is 39.5 Å². The minimum atomic E-state index is 1.28. The SMILES string of the molecule is CCCC[Si][Si]CCCC. The van der Waals surface area contributed by atoms with Gasteiger partial charge in [-0.05, 0) is 0 Å². The van der Waals surface area contributed by atoms with Crippen molar-refractivity contribution < 1.29 is 0 Å². The first-order valence-electron chi connectivity index (χ1n) is 4.37. The molecule has 0 aromatic heterocycles. The van der Waals surface area contributed by atoms with Crippen molar-refractivity contribution in [2.45, 2.75) is 51.6 Å². The predicted octanol–water partition coefficient (Wildman–Crippen LogP) is 2.75. The van der Waals surface area contributed by atoms with Gasteiger partial charge in [0.15, 0.2) is 0 Å². The molecule has 0 N–H and O–H groups in total. The van der Waals surface area contributed by atoms with Crippen molar-refractivity contribution in [2.24, 2.45) is 0 Å². The molecule has 4 radical (unpaired) electrons. The second kappa shape index (κ2) is 9.43. The molecule has 0 aliphatic rings. The van der Waals surface area contributed by atoms with Crippen LogP contribution in [0.2, 0.25) is 12.1 Å². The Hall–Kier alpha value is 0.434. The molecule has 0 unspecified atom stereocenters. The summed E-state index contributed by atoms with van der Waals surface area (Å²) in [6, 6.07) is 3.00. The summed E-state index contributed by atoms with van der Waals surface area (Å²) < 4.78 is 0. The molecule has 58 valence electrons. The van der Waals surface area contributed by atoms with E-state index < -0.39 is 0 Å². The van der Waals surface area contributed by atoms with Crippen LogP contribution < -0.4 is 0 Å². The standard InChI is InChI=1S/C8H18Si2/c1-3-5-7-9-10-8-6-4-2/h3-8H2,1-2H3. The highest BCUT2D eigenvalue weighted by molar-refractivity contribution is 7.00. The van der Waals surface area contributed by atoms with Crippen molar-refractivity contribution in [3.8, 4) is 0 Å². The third-order valence-corrected chi connectivity index (χ3v) is 5.14. The molecule has 0 bridgehead atoms. The summed E-state index contributed by atoms with van der Waals surface area (Å²) in [5.41, 5.74) is 0. The maximum Gasteiger partial charge on any atom is 0.0222 e. The number of unbranched alkanes of at least 4 members (excludes halogenated alkanes) is 2. The first-order chi connectivity index (χ1) is 4.91. The monoisotopic (exact) mass is 170 g/mol. The Labute approximate surface area is 70.2 Å². The van der Waals surface area contributed by atoms with Gasteiger partial charge in [-0.3, -0.25) is 0 Å². The van der Waals surface area contributed by atoms with Crippen molar-refractivity contribution in [3.05, 3.63) is 0 Å². The fourth-order valence-electron chi connectivity index (χ4n) is 0.707. The number of hydrogen-bond acceptors (Lipinski definition) is 0. The summed E-state index contributed by atoms with van der Waals surface area (Å²) >= 11 is 0. The Kier molecular flexibility index (Phi) is 9.84. The zero-order valence-corrected chi connectivity index (χ0v) is 9.24. The quantitative estimate of drug-likeness (QED) is 0.407. The van der Waals surface area contributed by atoms with E-state index in [2.05, 4.69) is 13.8 Å². The summed E-state index contributed by atoms with van der Waals surface area (Å²) in [5, 5.41) is 0. The molecule has 10 heavy (non-hydrogen) atoms. The molecule has 0 saturated heterocycles. The molecule has 0 aromatic rings. The maximum absolute atomic E-state index is 2.28. The van der Waals surface area contributed by atoms with E-state index in [-0.39, 0.29) is 0 Å². The van der Waals surface area contributed by atoms with E-state index in [1.54, 1.807) is 0 Å². The molecular formula is C8H18Si2. The predicted molar refractivity (Wildman–Crippen MR) is 50.9 cm³/mol. The third kappa shape index (κ3) is 8.43. The fourth-order valence-corrected chi connectivity index (χ4v) is 4.24. The first-order valence-corrected chi connectivity index (χ1v) is 7.79. The van der Waals surface area contributed by atoms with Crippen LogP contribution in [0, 0.1) is 0 Å². The second-order valence-corrected chi connectivity index (χ2v) is 6.39. The molecule has 0 fully saturated rings. The second-order valence-electron chi connectivity index (χ2n) is 2.56. The Morgan fingerprint density at radius 1 is 0.800 bits per heavy atom. The first kappa shape index (κ1) is 10.4. The minimum Gasteiger partial charge on any atom is -0.0654 e. The van der Waals surface area contributed by atoms with Crippen molar-refractivity contribution >= 4 is 18.1 Å². The van der Waals surface area contributed by atoms with Gasteiger partial charge >= 0.3 is 0 Å². The van der Waals surface area contributed by atoms with E-state index in [0.717, 1.165) is 0 Å². The Morgan fingerprint density at radius 3 is 1.50 bits per heavy atom. The van der Waals surface area contributed by atoms with Gasteiger partial charge in [0.2, 0.25) is 0 Å². The molecule has 2 heteroatoms. The summed E-state index contributed by atoms with van der Waals surface area (Å²) in [5.74, 6) is 0. The van der Waals surface area contributed by atoms with Gasteiger partial charge in [0, 0.05) is 18.1 Å². The third-order valence-electron chi connectivity index (χ3n) is 1.44. The average Bonchev–Trinajstić information content (AvgIpc) is 1.97. The normalized spacial score (nSPS) is 10.2. The summed E-state index contributed by atoms with van der Waals surface area (Å²) in [6.07, 6.45) is 5.67. The smallest absolute Gasteiger partial charge is 0.0222 e. The van der Waals surface area contributed by atoms with Crippen LogP contribution >= 0.6 is 0 Å². The van der Waals surface area contributed by atoms with Crippen molar-refractivity contribution in [2.75, 3.05) is 0 Å². The average molecular weight is 170 g/mol. The molecule has 0 saturated carbocycles. The van der Waals surface area contributed by atoms with Gasteiger partial charge in [0.1, 0.15) is 0 Å². The van der Waals surface area contributed by atoms with E-state index in [9.17, 15) is 0 Å². The minimum absolute atomic E-state index is 1.28. The lowest BCUT2D eigenvalue weighted by Crippen LogP contribution is -2.01. The van der Waals surface area contributed by atoms with Crippen LogP contribution in [0.5, 0.6) is 0 Å². The number of rotatable bonds is 7. The summed E-state index contributed by atoms with van der Waals surface area (Å²) in [7, 11) is 2.55. The van der Waals surface area contributed by atoms with Crippen LogP contribution in [0.3, 0.4) is 0 Å². The van der Waals surface area contributed by atoms with E-state index in [0.29, 0.717) is 0 Å². The van der Waals surface area contributed by atoms with Gasteiger partial charge in [-0.15, -0.1) is 0 Å². The molecule has 0 spiro atoms. The highest BCUT2D eigenvalue weighted by Crippen LogP contribution is 1.96. The van der Waals surface area contributed by atoms with Gasteiger partial charge in [-0.1, -0.05) is 51.6 Å². The Bertz CT molecular complexity index is 47.2. The highest BCUT2D eigenvalue weighted by atomic mass is 29.1. The van der Waals surface area contributed by atoms with Gasteiger partial charge in [-0.2, -0.15) is 0 Å². The zero-order chi connectivity index (χ0) is 7.66. The van der Waals surface area contributed by atoms with Crippen LogP contribution in [0.4, 0.5) is 0 Å².